The highest BCUT2D eigenvalue weighted by atomic mass is 16.5. The van der Waals surface area contributed by atoms with Gasteiger partial charge in [0.05, 0.1) is 20.1 Å². The maximum absolute atomic E-state index is 11.6. The Hall–Kier alpha value is -1.71. The lowest BCUT2D eigenvalue weighted by atomic mass is 10.2. The van der Waals surface area contributed by atoms with Gasteiger partial charge in [-0.25, -0.2) is 0 Å². The van der Waals surface area contributed by atoms with E-state index in [-0.39, 0.29) is 5.97 Å². The summed E-state index contributed by atoms with van der Waals surface area (Å²) >= 11 is 0. The lowest BCUT2D eigenvalue weighted by Gasteiger charge is -2.23. The van der Waals surface area contributed by atoms with Crippen molar-refractivity contribution in [1.29, 1.82) is 0 Å². The molecule has 0 unspecified atom stereocenters. The summed E-state index contributed by atoms with van der Waals surface area (Å²) < 4.78 is 10.4. The molecular weight excluding hydrogens is 254 g/mol. The van der Waals surface area contributed by atoms with Crippen molar-refractivity contribution >= 4 is 11.7 Å². The molecule has 112 valence electrons. The van der Waals surface area contributed by atoms with Crippen LogP contribution in [0, 0.1) is 0 Å². The van der Waals surface area contributed by atoms with E-state index in [0.29, 0.717) is 19.6 Å². The summed E-state index contributed by atoms with van der Waals surface area (Å²) in [5, 5.41) is 0. The second-order valence-corrected chi connectivity index (χ2v) is 4.61. The fraction of sp³-hybridized carbons (Fsp3) is 0.562. The van der Waals surface area contributed by atoms with Crippen molar-refractivity contribution in [2.75, 3.05) is 31.7 Å². The summed E-state index contributed by atoms with van der Waals surface area (Å²) in [5.74, 6) is 0.700. The molecule has 4 nitrogen and oxygen atoms in total. The van der Waals surface area contributed by atoms with Crippen LogP contribution in [0.1, 0.15) is 33.1 Å². The Morgan fingerprint density at radius 1 is 1.30 bits per heavy atom. The predicted octanol–water partition coefficient (Wildman–Crippen LogP) is 3.25. The number of benzene rings is 1. The lowest BCUT2D eigenvalue weighted by Crippen LogP contribution is -2.26. The van der Waals surface area contributed by atoms with E-state index in [4.69, 9.17) is 9.47 Å². The largest absolute Gasteiger partial charge is 0.497 e. The van der Waals surface area contributed by atoms with E-state index in [9.17, 15) is 4.79 Å². The standard InChI is InChI=1S/C16H25NO3/c1-4-6-12-20-16(18)10-11-17(5-2)14-8-7-9-15(13-14)19-3/h7-9,13H,4-6,10-12H2,1-3H3. The summed E-state index contributed by atoms with van der Waals surface area (Å²) in [6.45, 7) is 6.18. The molecule has 0 saturated carbocycles. The van der Waals surface area contributed by atoms with Crippen LogP contribution in [0.4, 0.5) is 5.69 Å². The molecule has 0 bridgehead atoms. The van der Waals surface area contributed by atoms with Crippen LogP contribution in [0.25, 0.3) is 0 Å². The first-order valence-electron chi connectivity index (χ1n) is 7.25. The fourth-order valence-electron chi connectivity index (χ4n) is 1.91. The fourth-order valence-corrected chi connectivity index (χ4v) is 1.91. The molecule has 0 fully saturated rings. The van der Waals surface area contributed by atoms with Gasteiger partial charge >= 0.3 is 5.97 Å². The van der Waals surface area contributed by atoms with Crippen molar-refractivity contribution in [1.82, 2.24) is 0 Å². The first-order valence-corrected chi connectivity index (χ1v) is 7.25. The van der Waals surface area contributed by atoms with Crippen LogP contribution in [-0.4, -0.2) is 32.8 Å². The number of unbranched alkanes of at least 4 members (excludes halogenated alkanes) is 1. The normalized spacial score (nSPS) is 10.2. The van der Waals surface area contributed by atoms with Gasteiger partial charge in [0.25, 0.3) is 0 Å². The molecule has 0 saturated heterocycles. The second-order valence-electron chi connectivity index (χ2n) is 4.61. The van der Waals surface area contributed by atoms with E-state index in [1.807, 2.05) is 24.3 Å². The first-order chi connectivity index (χ1) is 9.71. The minimum atomic E-state index is -0.125. The number of rotatable bonds is 9. The Balaban J connectivity index is 2.48. The zero-order chi connectivity index (χ0) is 14.8. The van der Waals surface area contributed by atoms with Crippen molar-refractivity contribution in [2.45, 2.75) is 33.1 Å². The highest BCUT2D eigenvalue weighted by Crippen LogP contribution is 2.20. The summed E-state index contributed by atoms with van der Waals surface area (Å²) in [7, 11) is 1.65. The minimum absolute atomic E-state index is 0.125. The number of methoxy groups -OCH3 is 1. The molecule has 0 radical (unpaired) electrons. The average molecular weight is 279 g/mol. The van der Waals surface area contributed by atoms with Crippen molar-refractivity contribution in [3.8, 4) is 5.75 Å². The van der Waals surface area contributed by atoms with Gasteiger partial charge in [-0.1, -0.05) is 19.4 Å². The van der Waals surface area contributed by atoms with Gasteiger partial charge in [0.1, 0.15) is 5.75 Å². The summed E-state index contributed by atoms with van der Waals surface area (Å²) in [4.78, 5) is 13.8. The third-order valence-corrected chi connectivity index (χ3v) is 3.15. The molecule has 0 aliphatic rings. The predicted molar refractivity (Wildman–Crippen MR) is 81.4 cm³/mol. The molecule has 0 aliphatic carbocycles. The van der Waals surface area contributed by atoms with Gasteiger partial charge in [-0.05, 0) is 25.5 Å². The van der Waals surface area contributed by atoms with E-state index in [2.05, 4.69) is 18.7 Å². The number of hydrogen-bond donors (Lipinski definition) is 0. The maximum Gasteiger partial charge on any atom is 0.307 e. The maximum atomic E-state index is 11.6. The molecule has 1 aromatic rings. The highest BCUT2D eigenvalue weighted by Gasteiger charge is 2.09. The molecule has 1 aromatic carbocycles. The number of esters is 1. The zero-order valence-corrected chi connectivity index (χ0v) is 12.7. The Labute approximate surface area is 121 Å². The highest BCUT2D eigenvalue weighted by molar-refractivity contribution is 5.70. The number of anilines is 1. The van der Waals surface area contributed by atoms with Gasteiger partial charge in [0.2, 0.25) is 0 Å². The summed E-state index contributed by atoms with van der Waals surface area (Å²) in [6, 6.07) is 7.87. The quantitative estimate of drug-likeness (QED) is 0.514. The number of carbonyl (C=O) groups excluding carboxylic acids is 1. The van der Waals surface area contributed by atoms with Gasteiger partial charge in [-0.2, -0.15) is 0 Å². The molecule has 0 N–H and O–H groups in total. The van der Waals surface area contributed by atoms with Crippen LogP contribution < -0.4 is 9.64 Å². The molecule has 0 aromatic heterocycles. The lowest BCUT2D eigenvalue weighted by molar-refractivity contribution is -0.143. The molecule has 0 heterocycles. The summed E-state index contributed by atoms with van der Waals surface area (Å²) in [6.07, 6.45) is 2.38. The van der Waals surface area contributed by atoms with Gasteiger partial charge in [0.15, 0.2) is 0 Å². The van der Waals surface area contributed by atoms with Crippen molar-refractivity contribution < 1.29 is 14.3 Å². The van der Waals surface area contributed by atoms with Gasteiger partial charge in [-0.15, -0.1) is 0 Å². The molecule has 20 heavy (non-hydrogen) atoms. The van der Waals surface area contributed by atoms with Gasteiger partial charge in [-0.3, -0.25) is 4.79 Å². The Morgan fingerprint density at radius 2 is 2.10 bits per heavy atom. The van der Waals surface area contributed by atoms with Crippen molar-refractivity contribution in [2.24, 2.45) is 0 Å². The van der Waals surface area contributed by atoms with Crippen LogP contribution >= 0.6 is 0 Å². The molecule has 0 atom stereocenters. The monoisotopic (exact) mass is 279 g/mol. The Bertz CT molecular complexity index is 406. The second kappa shape index (κ2) is 9.23. The van der Waals surface area contributed by atoms with Crippen LogP contribution in [-0.2, 0) is 9.53 Å². The molecule has 0 aliphatic heterocycles. The Morgan fingerprint density at radius 3 is 2.75 bits per heavy atom. The third-order valence-electron chi connectivity index (χ3n) is 3.15. The van der Waals surface area contributed by atoms with E-state index in [0.717, 1.165) is 30.8 Å². The number of hydrogen-bond acceptors (Lipinski definition) is 4. The molecule has 4 heteroatoms. The van der Waals surface area contributed by atoms with E-state index in [1.165, 1.54) is 0 Å². The van der Waals surface area contributed by atoms with E-state index in [1.54, 1.807) is 7.11 Å². The molecule has 1 rings (SSSR count). The van der Waals surface area contributed by atoms with E-state index < -0.39 is 0 Å². The number of nitrogens with zero attached hydrogens (tertiary/aromatic N) is 1. The number of ether oxygens (including phenoxy) is 2. The van der Waals surface area contributed by atoms with Crippen LogP contribution in [0.5, 0.6) is 5.75 Å². The molecule has 0 spiro atoms. The van der Waals surface area contributed by atoms with Crippen LogP contribution in [0.15, 0.2) is 24.3 Å². The number of carbonyl (C=O) groups is 1. The SMILES string of the molecule is CCCCOC(=O)CCN(CC)c1cccc(OC)c1. The molecular formula is C16H25NO3. The zero-order valence-electron chi connectivity index (χ0n) is 12.7. The first kappa shape index (κ1) is 16.3. The van der Waals surface area contributed by atoms with E-state index >= 15 is 0 Å². The van der Waals surface area contributed by atoms with Crippen molar-refractivity contribution in [3.63, 3.8) is 0 Å². The van der Waals surface area contributed by atoms with Gasteiger partial charge < -0.3 is 14.4 Å². The topological polar surface area (TPSA) is 38.8 Å². The Kier molecular flexibility index (Phi) is 7.55. The third kappa shape index (κ3) is 5.51. The minimum Gasteiger partial charge on any atom is -0.497 e. The average Bonchev–Trinajstić information content (AvgIpc) is 2.48. The van der Waals surface area contributed by atoms with Crippen LogP contribution in [0.2, 0.25) is 0 Å². The van der Waals surface area contributed by atoms with Crippen molar-refractivity contribution in [3.05, 3.63) is 24.3 Å². The molecule has 0 amide bonds. The summed E-state index contributed by atoms with van der Waals surface area (Å²) in [5.41, 5.74) is 1.06. The van der Waals surface area contributed by atoms with Gasteiger partial charge in [0, 0.05) is 24.8 Å². The van der Waals surface area contributed by atoms with Crippen LogP contribution in [0.3, 0.4) is 0 Å². The smallest absolute Gasteiger partial charge is 0.307 e.